The standard InChI is InChI=1S/C26H29FN2O6S/c1-16-11-17(2)25(18(3)12-16)36(34,35)28(4)15-24(31)29(14-19-5-7-20(27)8-6-19)21-9-10-22(26(32)33)23(30)13-21/h5-7,9-13,20,30H,8,14-15H2,1-4H3,(H,32,33). The molecular weight excluding hydrogens is 487 g/mol. The maximum absolute atomic E-state index is 13.5. The zero-order valence-corrected chi connectivity index (χ0v) is 21.3. The Labute approximate surface area is 210 Å². The van der Waals surface area contributed by atoms with Crippen LogP contribution in [0.2, 0.25) is 0 Å². The van der Waals surface area contributed by atoms with Crippen LogP contribution < -0.4 is 4.90 Å². The third kappa shape index (κ3) is 5.83. The van der Waals surface area contributed by atoms with Gasteiger partial charge in [0.1, 0.15) is 17.5 Å². The molecule has 0 saturated carbocycles. The van der Waals surface area contributed by atoms with Crippen LogP contribution in [0.1, 0.15) is 33.5 Å². The van der Waals surface area contributed by atoms with Crippen molar-refractivity contribution in [1.82, 2.24) is 4.31 Å². The Morgan fingerprint density at radius 2 is 1.75 bits per heavy atom. The van der Waals surface area contributed by atoms with Crippen molar-refractivity contribution in [3.8, 4) is 5.75 Å². The number of benzene rings is 2. The second kappa shape index (κ2) is 10.6. The minimum absolute atomic E-state index is 0.0234. The third-order valence-electron chi connectivity index (χ3n) is 5.92. The second-order valence-corrected chi connectivity index (χ2v) is 10.8. The average molecular weight is 517 g/mol. The molecule has 0 aromatic heterocycles. The SMILES string of the molecule is Cc1cc(C)c(S(=O)(=O)N(C)CC(=O)N(CC2=CCC(F)C=C2)c2ccc(C(=O)O)c(O)c2)c(C)c1. The van der Waals surface area contributed by atoms with Gasteiger partial charge in [-0.05, 0) is 49.6 Å². The topological polar surface area (TPSA) is 115 Å². The molecule has 192 valence electrons. The molecule has 0 fully saturated rings. The Kier molecular flexibility index (Phi) is 8.00. The van der Waals surface area contributed by atoms with Gasteiger partial charge >= 0.3 is 5.97 Å². The minimum atomic E-state index is -4.01. The Balaban J connectivity index is 1.94. The number of aryl methyl sites for hydroxylation is 3. The van der Waals surface area contributed by atoms with Crippen LogP contribution in [0.4, 0.5) is 10.1 Å². The van der Waals surface area contributed by atoms with Crippen LogP contribution in [-0.2, 0) is 14.8 Å². The number of alkyl halides is 1. The van der Waals surface area contributed by atoms with Crippen LogP contribution in [0.3, 0.4) is 0 Å². The number of phenols is 1. The molecule has 10 heteroatoms. The fourth-order valence-electron chi connectivity index (χ4n) is 4.22. The van der Waals surface area contributed by atoms with Crippen molar-refractivity contribution in [1.29, 1.82) is 0 Å². The predicted octanol–water partition coefficient (Wildman–Crippen LogP) is 3.89. The number of sulfonamides is 1. The van der Waals surface area contributed by atoms with Gasteiger partial charge in [0.25, 0.3) is 0 Å². The summed E-state index contributed by atoms with van der Waals surface area (Å²) in [7, 11) is -2.71. The first-order chi connectivity index (χ1) is 16.8. The number of carboxylic acids is 1. The Bertz CT molecular complexity index is 1340. The quantitative estimate of drug-likeness (QED) is 0.550. The lowest BCUT2D eigenvalue weighted by atomic mass is 10.0. The molecular formula is C26H29FN2O6S. The highest BCUT2D eigenvalue weighted by molar-refractivity contribution is 7.89. The van der Waals surface area contributed by atoms with Gasteiger partial charge in [0.2, 0.25) is 15.9 Å². The molecule has 2 N–H and O–H groups in total. The smallest absolute Gasteiger partial charge is 0.339 e. The van der Waals surface area contributed by atoms with Crippen molar-refractivity contribution in [2.75, 3.05) is 25.0 Å². The van der Waals surface area contributed by atoms with Gasteiger partial charge in [0.05, 0.1) is 18.0 Å². The largest absolute Gasteiger partial charge is 0.507 e. The van der Waals surface area contributed by atoms with Crippen molar-refractivity contribution in [3.63, 3.8) is 0 Å². The number of carbonyl (C=O) groups excluding carboxylic acids is 1. The summed E-state index contributed by atoms with van der Waals surface area (Å²) in [6.07, 6.45) is 3.55. The molecule has 0 spiro atoms. The first-order valence-electron chi connectivity index (χ1n) is 11.2. The van der Waals surface area contributed by atoms with Crippen LogP contribution in [-0.4, -0.2) is 61.1 Å². The van der Waals surface area contributed by atoms with E-state index in [0.717, 1.165) is 22.0 Å². The fraction of sp³-hybridized carbons (Fsp3) is 0.308. The van der Waals surface area contributed by atoms with Crippen molar-refractivity contribution in [3.05, 3.63) is 76.4 Å². The molecule has 1 amide bonds. The number of hydrogen-bond donors (Lipinski definition) is 2. The second-order valence-electron chi connectivity index (χ2n) is 8.87. The van der Waals surface area contributed by atoms with E-state index in [9.17, 15) is 32.6 Å². The lowest BCUT2D eigenvalue weighted by molar-refractivity contribution is -0.118. The van der Waals surface area contributed by atoms with Gasteiger partial charge in [-0.25, -0.2) is 17.6 Å². The molecule has 1 aliphatic rings. The monoisotopic (exact) mass is 516 g/mol. The van der Waals surface area contributed by atoms with E-state index in [-0.39, 0.29) is 29.1 Å². The van der Waals surface area contributed by atoms with Gasteiger partial charge in [0, 0.05) is 25.2 Å². The summed E-state index contributed by atoms with van der Waals surface area (Å²) in [5.74, 6) is -2.48. The Morgan fingerprint density at radius 1 is 1.11 bits per heavy atom. The molecule has 36 heavy (non-hydrogen) atoms. The molecule has 3 rings (SSSR count). The van der Waals surface area contributed by atoms with E-state index >= 15 is 0 Å². The lowest BCUT2D eigenvalue weighted by Gasteiger charge is -2.27. The van der Waals surface area contributed by atoms with Gasteiger partial charge in [0.15, 0.2) is 0 Å². The predicted molar refractivity (Wildman–Crippen MR) is 135 cm³/mol. The van der Waals surface area contributed by atoms with E-state index in [4.69, 9.17) is 0 Å². The summed E-state index contributed by atoms with van der Waals surface area (Å²) in [6, 6.07) is 7.17. The van der Waals surface area contributed by atoms with E-state index in [1.165, 1.54) is 24.1 Å². The molecule has 0 radical (unpaired) electrons. The molecule has 0 aliphatic heterocycles. The molecule has 0 heterocycles. The molecule has 0 saturated heterocycles. The third-order valence-corrected chi connectivity index (χ3v) is 8.03. The first-order valence-corrected chi connectivity index (χ1v) is 12.7. The van der Waals surface area contributed by atoms with Gasteiger partial charge < -0.3 is 15.1 Å². The Hall–Kier alpha value is -3.50. The van der Waals surface area contributed by atoms with Crippen LogP contribution in [0.5, 0.6) is 5.75 Å². The number of allylic oxidation sites excluding steroid dienone is 2. The molecule has 1 atom stereocenters. The van der Waals surface area contributed by atoms with Gasteiger partial charge in [-0.15, -0.1) is 0 Å². The fourth-order valence-corrected chi connectivity index (χ4v) is 5.74. The molecule has 1 unspecified atom stereocenters. The van der Waals surface area contributed by atoms with Gasteiger partial charge in [-0.2, -0.15) is 4.31 Å². The number of rotatable bonds is 8. The first kappa shape index (κ1) is 27.1. The summed E-state index contributed by atoms with van der Waals surface area (Å²) >= 11 is 0. The van der Waals surface area contributed by atoms with Gasteiger partial charge in [-0.3, -0.25) is 4.79 Å². The number of likely N-dealkylation sites (N-methyl/N-ethyl adjacent to an activating group) is 1. The Morgan fingerprint density at radius 3 is 2.28 bits per heavy atom. The van der Waals surface area contributed by atoms with Crippen molar-refractivity contribution >= 4 is 27.6 Å². The molecule has 8 nitrogen and oxygen atoms in total. The number of anilines is 1. The molecule has 1 aliphatic carbocycles. The van der Waals surface area contributed by atoms with E-state index in [0.29, 0.717) is 16.7 Å². The zero-order valence-electron chi connectivity index (χ0n) is 20.5. The van der Waals surface area contributed by atoms with Crippen LogP contribution >= 0.6 is 0 Å². The number of carboxylic acid groups (broad SMARTS) is 1. The average Bonchev–Trinajstić information content (AvgIpc) is 2.77. The van der Waals surface area contributed by atoms with E-state index in [1.807, 2.05) is 6.92 Å². The maximum Gasteiger partial charge on any atom is 0.339 e. The number of halogens is 1. The number of aromatic carboxylic acids is 1. The lowest BCUT2D eigenvalue weighted by Crippen LogP contribution is -2.42. The summed E-state index contributed by atoms with van der Waals surface area (Å²) in [6.45, 7) is 4.72. The highest BCUT2D eigenvalue weighted by Gasteiger charge is 2.29. The van der Waals surface area contributed by atoms with Crippen LogP contribution in [0, 0.1) is 20.8 Å². The molecule has 2 aromatic carbocycles. The van der Waals surface area contributed by atoms with Gasteiger partial charge in [-0.1, -0.05) is 35.9 Å². The number of nitrogens with zero attached hydrogens (tertiary/aromatic N) is 2. The van der Waals surface area contributed by atoms with Crippen LogP contribution in [0.15, 0.2) is 59.0 Å². The maximum atomic E-state index is 13.5. The molecule has 0 bridgehead atoms. The zero-order chi connectivity index (χ0) is 26.8. The van der Waals surface area contributed by atoms with E-state index in [2.05, 4.69) is 0 Å². The van der Waals surface area contributed by atoms with Crippen molar-refractivity contribution in [2.24, 2.45) is 0 Å². The highest BCUT2D eigenvalue weighted by atomic mass is 32.2. The summed E-state index contributed by atoms with van der Waals surface area (Å²) < 4.78 is 41.2. The summed E-state index contributed by atoms with van der Waals surface area (Å²) in [5.41, 5.74) is 2.51. The van der Waals surface area contributed by atoms with Crippen molar-refractivity contribution in [2.45, 2.75) is 38.3 Å². The number of hydrogen-bond acceptors (Lipinski definition) is 5. The van der Waals surface area contributed by atoms with E-state index < -0.39 is 40.4 Å². The van der Waals surface area contributed by atoms with Crippen molar-refractivity contribution < 1.29 is 32.6 Å². The summed E-state index contributed by atoms with van der Waals surface area (Å²) in [5, 5.41) is 19.4. The minimum Gasteiger partial charge on any atom is -0.507 e. The molecule has 2 aromatic rings. The number of aromatic hydroxyl groups is 1. The summed E-state index contributed by atoms with van der Waals surface area (Å²) in [4.78, 5) is 26.1. The number of carbonyl (C=O) groups is 2. The number of amides is 1. The van der Waals surface area contributed by atoms with E-state index in [1.54, 1.807) is 38.1 Å². The normalized spacial score (nSPS) is 15.6. The highest BCUT2D eigenvalue weighted by Crippen LogP contribution is 2.28. The van der Waals surface area contributed by atoms with Crippen LogP contribution in [0.25, 0.3) is 0 Å².